The SMILES string of the molecule is CN=C(NC)NCc1cccc(C(=O)Nc2ccccc2)c1.I. The van der Waals surface area contributed by atoms with Crippen LogP contribution in [0.3, 0.4) is 0 Å². The van der Waals surface area contributed by atoms with Gasteiger partial charge in [-0.3, -0.25) is 9.79 Å². The molecule has 2 aromatic rings. The third-order valence-electron chi connectivity index (χ3n) is 3.14. The van der Waals surface area contributed by atoms with E-state index in [2.05, 4.69) is 20.9 Å². The van der Waals surface area contributed by atoms with Gasteiger partial charge in [0, 0.05) is 31.9 Å². The maximum atomic E-state index is 12.2. The Balaban J connectivity index is 0.00000264. The van der Waals surface area contributed by atoms with Gasteiger partial charge in [-0.15, -0.1) is 24.0 Å². The van der Waals surface area contributed by atoms with Crippen molar-refractivity contribution in [3.05, 3.63) is 65.7 Å². The van der Waals surface area contributed by atoms with Crippen LogP contribution >= 0.6 is 24.0 Å². The summed E-state index contributed by atoms with van der Waals surface area (Å²) in [7, 11) is 3.52. The molecule has 0 heterocycles. The van der Waals surface area contributed by atoms with Gasteiger partial charge in [-0.05, 0) is 29.8 Å². The molecule has 23 heavy (non-hydrogen) atoms. The zero-order chi connectivity index (χ0) is 15.8. The molecule has 0 saturated heterocycles. The highest BCUT2D eigenvalue weighted by Gasteiger charge is 2.06. The molecule has 0 spiro atoms. The third-order valence-corrected chi connectivity index (χ3v) is 3.14. The first kappa shape index (κ1) is 19.0. The molecule has 0 aliphatic rings. The molecule has 2 rings (SSSR count). The summed E-state index contributed by atoms with van der Waals surface area (Å²) >= 11 is 0. The van der Waals surface area contributed by atoms with E-state index in [1.54, 1.807) is 20.2 Å². The van der Waals surface area contributed by atoms with E-state index < -0.39 is 0 Å². The number of nitrogens with one attached hydrogen (secondary N) is 3. The number of hydrogen-bond acceptors (Lipinski definition) is 2. The lowest BCUT2D eigenvalue weighted by atomic mass is 10.1. The van der Waals surface area contributed by atoms with Crippen LogP contribution in [0.5, 0.6) is 0 Å². The average Bonchev–Trinajstić information content (AvgIpc) is 2.57. The van der Waals surface area contributed by atoms with Gasteiger partial charge in [-0.25, -0.2) is 0 Å². The first-order valence-corrected chi connectivity index (χ1v) is 7.06. The second-order valence-electron chi connectivity index (χ2n) is 4.70. The Kier molecular flexibility index (Phi) is 8.10. The molecule has 0 bridgehead atoms. The van der Waals surface area contributed by atoms with Gasteiger partial charge in [0.2, 0.25) is 0 Å². The molecule has 0 radical (unpaired) electrons. The smallest absolute Gasteiger partial charge is 0.255 e. The van der Waals surface area contributed by atoms with Crippen LogP contribution in [0.15, 0.2) is 59.6 Å². The highest BCUT2D eigenvalue weighted by atomic mass is 127. The molecule has 122 valence electrons. The molecule has 3 N–H and O–H groups in total. The number of rotatable bonds is 4. The van der Waals surface area contributed by atoms with E-state index in [0.29, 0.717) is 18.1 Å². The van der Waals surface area contributed by atoms with Crippen molar-refractivity contribution in [3.63, 3.8) is 0 Å². The molecule has 0 aliphatic heterocycles. The number of guanidine groups is 1. The summed E-state index contributed by atoms with van der Waals surface area (Å²) in [6, 6.07) is 16.9. The van der Waals surface area contributed by atoms with Crippen LogP contribution in [0.2, 0.25) is 0 Å². The van der Waals surface area contributed by atoms with Crippen molar-refractivity contribution in [2.24, 2.45) is 4.99 Å². The van der Waals surface area contributed by atoms with Gasteiger partial charge in [-0.2, -0.15) is 0 Å². The predicted octanol–water partition coefficient (Wildman–Crippen LogP) is 2.85. The van der Waals surface area contributed by atoms with Crippen molar-refractivity contribution in [1.29, 1.82) is 0 Å². The van der Waals surface area contributed by atoms with Crippen molar-refractivity contribution in [3.8, 4) is 0 Å². The molecular weight excluding hydrogens is 403 g/mol. The zero-order valence-electron chi connectivity index (χ0n) is 13.2. The van der Waals surface area contributed by atoms with Gasteiger partial charge in [0.1, 0.15) is 0 Å². The summed E-state index contributed by atoms with van der Waals surface area (Å²) in [5.74, 6) is 0.588. The quantitative estimate of drug-likeness (QED) is 0.402. The molecule has 0 unspecified atom stereocenters. The molecule has 5 nitrogen and oxygen atoms in total. The maximum absolute atomic E-state index is 12.2. The lowest BCUT2D eigenvalue weighted by molar-refractivity contribution is 0.102. The van der Waals surface area contributed by atoms with Crippen molar-refractivity contribution in [2.45, 2.75) is 6.54 Å². The number of para-hydroxylation sites is 1. The number of benzene rings is 2. The van der Waals surface area contributed by atoms with Crippen molar-refractivity contribution >= 4 is 41.5 Å². The summed E-state index contributed by atoms with van der Waals surface area (Å²) in [5.41, 5.74) is 2.42. The monoisotopic (exact) mass is 424 g/mol. The number of nitrogens with zero attached hydrogens (tertiary/aromatic N) is 1. The normalized spacial score (nSPS) is 10.4. The Morgan fingerprint density at radius 1 is 1.09 bits per heavy atom. The minimum atomic E-state index is -0.119. The van der Waals surface area contributed by atoms with Gasteiger partial charge in [0.05, 0.1) is 0 Å². The molecule has 1 amide bonds. The number of aliphatic imine (C=N–C) groups is 1. The zero-order valence-corrected chi connectivity index (χ0v) is 15.5. The predicted molar refractivity (Wildman–Crippen MR) is 106 cm³/mol. The van der Waals surface area contributed by atoms with E-state index in [1.807, 2.05) is 48.5 Å². The molecule has 2 aromatic carbocycles. The van der Waals surface area contributed by atoms with Crippen LogP contribution in [0.1, 0.15) is 15.9 Å². The second-order valence-corrected chi connectivity index (χ2v) is 4.70. The fourth-order valence-electron chi connectivity index (χ4n) is 2.01. The van der Waals surface area contributed by atoms with Gasteiger partial charge < -0.3 is 16.0 Å². The molecular formula is C17H21IN4O. The molecule has 0 fully saturated rings. The van der Waals surface area contributed by atoms with E-state index in [0.717, 1.165) is 11.3 Å². The number of amides is 1. The summed E-state index contributed by atoms with van der Waals surface area (Å²) in [6.07, 6.45) is 0. The summed E-state index contributed by atoms with van der Waals surface area (Å²) in [5, 5.41) is 8.99. The maximum Gasteiger partial charge on any atom is 0.255 e. The molecule has 0 aliphatic carbocycles. The first-order chi connectivity index (χ1) is 10.7. The minimum absolute atomic E-state index is 0. The summed E-state index contributed by atoms with van der Waals surface area (Å²) < 4.78 is 0. The fraction of sp³-hybridized carbons (Fsp3) is 0.176. The summed E-state index contributed by atoms with van der Waals surface area (Å²) in [6.45, 7) is 0.597. The van der Waals surface area contributed by atoms with E-state index in [9.17, 15) is 4.79 Å². The van der Waals surface area contributed by atoms with Crippen molar-refractivity contribution < 1.29 is 4.79 Å². The van der Waals surface area contributed by atoms with Gasteiger partial charge in [0.25, 0.3) is 5.91 Å². The highest BCUT2D eigenvalue weighted by molar-refractivity contribution is 14.0. The fourth-order valence-corrected chi connectivity index (χ4v) is 2.01. The third kappa shape index (κ3) is 5.90. The van der Waals surface area contributed by atoms with Gasteiger partial charge in [-0.1, -0.05) is 30.3 Å². The second kappa shape index (κ2) is 9.83. The minimum Gasteiger partial charge on any atom is -0.359 e. The van der Waals surface area contributed by atoms with E-state index in [1.165, 1.54) is 0 Å². The Morgan fingerprint density at radius 2 is 1.83 bits per heavy atom. The average molecular weight is 424 g/mol. The Bertz CT molecular complexity index is 659. The van der Waals surface area contributed by atoms with Gasteiger partial charge in [0.15, 0.2) is 5.96 Å². The van der Waals surface area contributed by atoms with E-state index in [-0.39, 0.29) is 29.9 Å². The number of carbonyl (C=O) groups is 1. The van der Waals surface area contributed by atoms with Crippen LogP contribution < -0.4 is 16.0 Å². The number of carbonyl (C=O) groups excluding carboxylic acids is 1. The molecule has 0 atom stereocenters. The topological polar surface area (TPSA) is 65.5 Å². The first-order valence-electron chi connectivity index (χ1n) is 7.06. The van der Waals surface area contributed by atoms with Crippen LogP contribution in [-0.4, -0.2) is 26.0 Å². The highest BCUT2D eigenvalue weighted by Crippen LogP contribution is 2.10. The Morgan fingerprint density at radius 3 is 2.48 bits per heavy atom. The number of anilines is 1. The molecule has 0 aromatic heterocycles. The van der Waals surface area contributed by atoms with Gasteiger partial charge >= 0.3 is 0 Å². The number of halogens is 1. The Labute approximate surface area is 153 Å². The van der Waals surface area contributed by atoms with Crippen LogP contribution in [0.25, 0.3) is 0 Å². The van der Waals surface area contributed by atoms with Crippen LogP contribution in [-0.2, 0) is 6.54 Å². The van der Waals surface area contributed by atoms with Crippen molar-refractivity contribution in [1.82, 2.24) is 10.6 Å². The van der Waals surface area contributed by atoms with Crippen LogP contribution in [0.4, 0.5) is 5.69 Å². The molecule has 0 saturated carbocycles. The Hall–Kier alpha value is -2.09. The lowest BCUT2D eigenvalue weighted by Gasteiger charge is -2.10. The standard InChI is InChI=1S/C17H20N4O.HI/c1-18-17(19-2)20-12-13-7-6-8-14(11-13)16(22)21-15-9-4-3-5-10-15;/h3-11H,12H2,1-2H3,(H,21,22)(H2,18,19,20);1H. The summed E-state index contributed by atoms with van der Waals surface area (Å²) in [4.78, 5) is 16.3. The van der Waals surface area contributed by atoms with Crippen LogP contribution in [0, 0.1) is 0 Å². The molecule has 6 heteroatoms. The lowest BCUT2D eigenvalue weighted by Crippen LogP contribution is -2.34. The number of hydrogen-bond donors (Lipinski definition) is 3. The van der Waals surface area contributed by atoms with E-state index >= 15 is 0 Å². The van der Waals surface area contributed by atoms with Crippen molar-refractivity contribution in [2.75, 3.05) is 19.4 Å². The largest absolute Gasteiger partial charge is 0.359 e. The van der Waals surface area contributed by atoms with E-state index in [4.69, 9.17) is 0 Å².